The van der Waals surface area contributed by atoms with Crippen LogP contribution in [0.4, 0.5) is 0 Å². The molecule has 0 bridgehead atoms. The number of nitrogens with two attached hydrogens (primary N) is 2. The Bertz CT molecular complexity index is 734. The van der Waals surface area contributed by atoms with Crippen molar-refractivity contribution in [3.8, 4) is 0 Å². The second-order valence-electron chi connectivity index (χ2n) is 8.39. The van der Waals surface area contributed by atoms with Crippen molar-refractivity contribution in [3.63, 3.8) is 0 Å². The number of nitrogens with zero attached hydrogens (tertiary/aromatic N) is 1. The number of carbonyl (C=O) groups excluding carboxylic acids is 4. The lowest BCUT2D eigenvalue weighted by molar-refractivity contribution is -0.133. The molecule has 0 aromatic carbocycles. The first-order valence-electron chi connectivity index (χ1n) is 10.4. The van der Waals surface area contributed by atoms with Gasteiger partial charge >= 0.3 is 0 Å². The van der Waals surface area contributed by atoms with Crippen LogP contribution < -0.4 is 27.4 Å². The van der Waals surface area contributed by atoms with Gasteiger partial charge in [-0.3, -0.25) is 19.2 Å². The first kappa shape index (κ1) is 26.1. The maximum Gasteiger partial charge on any atom is 0.243 e. The van der Waals surface area contributed by atoms with Gasteiger partial charge in [-0.1, -0.05) is 27.7 Å². The zero-order valence-corrected chi connectivity index (χ0v) is 18.6. The molecule has 0 spiro atoms. The Kier molecular flexibility index (Phi) is 10.7. The van der Waals surface area contributed by atoms with Crippen LogP contribution in [-0.2, 0) is 25.6 Å². The standard InChI is InChI=1S/C20H35N7O4/c1-11(2)5-14(18(22)29)26-19(30)15(6-12(3)4)27-20(31)16(25-17(28)8-21)7-13-9-23-10-24-13/h9-12,14-16H,5-8,21H2,1-4H3,(H2,22,29)(H,23,24)(H,25,28)(H,26,30)(H,27,31)/t14-,15-,16-/m0/s1. The lowest BCUT2D eigenvalue weighted by Crippen LogP contribution is -2.57. The van der Waals surface area contributed by atoms with Crippen LogP contribution in [0.5, 0.6) is 0 Å². The molecule has 1 rings (SSSR count). The smallest absolute Gasteiger partial charge is 0.243 e. The van der Waals surface area contributed by atoms with Crippen LogP contribution >= 0.6 is 0 Å². The molecule has 1 aromatic rings. The van der Waals surface area contributed by atoms with E-state index in [4.69, 9.17) is 11.5 Å². The second-order valence-corrected chi connectivity index (χ2v) is 8.39. The van der Waals surface area contributed by atoms with Crippen LogP contribution in [0.3, 0.4) is 0 Å². The summed E-state index contributed by atoms with van der Waals surface area (Å²) in [7, 11) is 0. The number of carbonyl (C=O) groups is 4. The SMILES string of the molecule is CC(C)C[C@H](NC(=O)[C@H](CC(C)C)NC(=O)[C@H](Cc1cnc[nH]1)NC(=O)CN)C(N)=O. The van der Waals surface area contributed by atoms with Crippen molar-refractivity contribution in [1.29, 1.82) is 0 Å². The zero-order valence-electron chi connectivity index (χ0n) is 18.6. The fourth-order valence-corrected chi connectivity index (χ4v) is 3.04. The van der Waals surface area contributed by atoms with Crippen molar-refractivity contribution in [2.24, 2.45) is 23.3 Å². The van der Waals surface area contributed by atoms with E-state index in [9.17, 15) is 19.2 Å². The van der Waals surface area contributed by atoms with E-state index < -0.39 is 41.8 Å². The minimum absolute atomic E-state index is 0.0814. The maximum atomic E-state index is 12.9. The molecule has 0 radical (unpaired) electrons. The van der Waals surface area contributed by atoms with Gasteiger partial charge < -0.3 is 32.4 Å². The van der Waals surface area contributed by atoms with Gasteiger partial charge in [0, 0.05) is 18.3 Å². The minimum Gasteiger partial charge on any atom is -0.368 e. The molecule has 0 saturated carbocycles. The molecule has 0 aliphatic heterocycles. The number of hydrogen-bond donors (Lipinski definition) is 6. The van der Waals surface area contributed by atoms with Crippen LogP contribution in [0.15, 0.2) is 12.5 Å². The third kappa shape index (κ3) is 9.60. The van der Waals surface area contributed by atoms with Gasteiger partial charge in [0.1, 0.15) is 18.1 Å². The van der Waals surface area contributed by atoms with Crippen molar-refractivity contribution in [1.82, 2.24) is 25.9 Å². The molecule has 4 amide bonds. The molecule has 8 N–H and O–H groups in total. The van der Waals surface area contributed by atoms with E-state index in [1.165, 1.54) is 12.5 Å². The quantitative estimate of drug-likeness (QED) is 0.228. The third-order valence-corrected chi connectivity index (χ3v) is 4.52. The first-order chi connectivity index (χ1) is 14.5. The van der Waals surface area contributed by atoms with Crippen LogP contribution in [0, 0.1) is 11.8 Å². The largest absolute Gasteiger partial charge is 0.368 e. The highest BCUT2D eigenvalue weighted by Crippen LogP contribution is 2.09. The number of rotatable bonds is 13. The van der Waals surface area contributed by atoms with E-state index in [-0.39, 0.29) is 24.8 Å². The van der Waals surface area contributed by atoms with Gasteiger partial charge in [0.2, 0.25) is 23.6 Å². The predicted octanol–water partition coefficient (Wildman–Crippen LogP) is -1.06. The van der Waals surface area contributed by atoms with Gasteiger partial charge in [-0.2, -0.15) is 0 Å². The van der Waals surface area contributed by atoms with Crippen LogP contribution in [0.1, 0.15) is 46.2 Å². The van der Waals surface area contributed by atoms with Gasteiger partial charge in [-0.25, -0.2) is 4.98 Å². The molecule has 11 nitrogen and oxygen atoms in total. The van der Waals surface area contributed by atoms with Gasteiger partial charge in [0.15, 0.2) is 0 Å². The predicted molar refractivity (Wildman–Crippen MR) is 115 cm³/mol. The summed E-state index contributed by atoms with van der Waals surface area (Å²) < 4.78 is 0. The molecular formula is C20H35N7O4. The Balaban J connectivity index is 2.96. The van der Waals surface area contributed by atoms with Crippen molar-refractivity contribution in [2.45, 2.75) is 65.1 Å². The lowest BCUT2D eigenvalue weighted by atomic mass is 9.99. The van der Waals surface area contributed by atoms with Crippen LogP contribution in [0.2, 0.25) is 0 Å². The van der Waals surface area contributed by atoms with Crippen molar-refractivity contribution in [3.05, 3.63) is 18.2 Å². The normalized spacial score (nSPS) is 14.0. The van der Waals surface area contributed by atoms with Gasteiger partial charge in [0.05, 0.1) is 12.9 Å². The van der Waals surface area contributed by atoms with Crippen LogP contribution in [0.25, 0.3) is 0 Å². The Morgan fingerprint density at radius 3 is 1.97 bits per heavy atom. The number of primary amides is 1. The average Bonchev–Trinajstić information content (AvgIpc) is 3.18. The maximum absolute atomic E-state index is 12.9. The van der Waals surface area contributed by atoms with Crippen LogP contribution in [-0.4, -0.2) is 58.3 Å². The summed E-state index contributed by atoms with van der Waals surface area (Å²) in [6.45, 7) is 7.36. The van der Waals surface area contributed by atoms with Crippen molar-refractivity contribution >= 4 is 23.6 Å². The van der Waals surface area contributed by atoms with E-state index >= 15 is 0 Å². The first-order valence-corrected chi connectivity index (χ1v) is 10.4. The molecule has 31 heavy (non-hydrogen) atoms. The number of H-pyrrole nitrogens is 1. The summed E-state index contributed by atoms with van der Waals surface area (Å²) >= 11 is 0. The van der Waals surface area contributed by atoms with E-state index in [0.717, 1.165) is 0 Å². The summed E-state index contributed by atoms with van der Waals surface area (Å²) in [5.41, 5.74) is 11.4. The fraction of sp³-hybridized carbons (Fsp3) is 0.650. The van der Waals surface area contributed by atoms with E-state index in [1.54, 1.807) is 0 Å². The topological polar surface area (TPSA) is 185 Å². The molecule has 0 aliphatic rings. The lowest BCUT2D eigenvalue weighted by Gasteiger charge is -2.26. The second kappa shape index (κ2) is 12.7. The summed E-state index contributed by atoms with van der Waals surface area (Å²) in [5.74, 6) is -1.97. The van der Waals surface area contributed by atoms with Crippen molar-refractivity contribution in [2.75, 3.05) is 6.54 Å². The highest BCUT2D eigenvalue weighted by atomic mass is 16.2. The number of nitrogens with one attached hydrogen (secondary N) is 4. The molecule has 0 saturated heterocycles. The number of imidazole rings is 1. The molecule has 1 aromatic heterocycles. The fourth-order valence-electron chi connectivity index (χ4n) is 3.04. The Morgan fingerprint density at radius 1 is 0.935 bits per heavy atom. The number of amides is 4. The molecule has 11 heteroatoms. The number of aromatic amines is 1. The van der Waals surface area contributed by atoms with E-state index in [2.05, 4.69) is 25.9 Å². The molecule has 0 aliphatic carbocycles. The monoisotopic (exact) mass is 437 g/mol. The number of hydrogen-bond acceptors (Lipinski definition) is 6. The highest BCUT2D eigenvalue weighted by molar-refractivity contribution is 5.94. The third-order valence-electron chi connectivity index (χ3n) is 4.52. The summed E-state index contributed by atoms with van der Waals surface area (Å²) in [6.07, 6.45) is 3.87. The molecular weight excluding hydrogens is 402 g/mol. The average molecular weight is 438 g/mol. The minimum atomic E-state index is -0.957. The number of aromatic nitrogens is 2. The van der Waals surface area contributed by atoms with Gasteiger partial charge in [-0.15, -0.1) is 0 Å². The molecule has 0 unspecified atom stereocenters. The highest BCUT2D eigenvalue weighted by Gasteiger charge is 2.30. The summed E-state index contributed by atoms with van der Waals surface area (Å²) in [5, 5.41) is 7.90. The van der Waals surface area contributed by atoms with Gasteiger partial charge in [0.25, 0.3) is 0 Å². The Hall–Kier alpha value is -2.95. The zero-order chi connectivity index (χ0) is 23.6. The van der Waals surface area contributed by atoms with Crippen molar-refractivity contribution < 1.29 is 19.2 Å². The summed E-state index contributed by atoms with van der Waals surface area (Å²) in [4.78, 5) is 56.1. The van der Waals surface area contributed by atoms with E-state index in [0.29, 0.717) is 18.5 Å². The molecule has 174 valence electrons. The Morgan fingerprint density at radius 2 is 1.48 bits per heavy atom. The molecule has 1 heterocycles. The Labute approximate surface area is 182 Å². The van der Waals surface area contributed by atoms with E-state index in [1.807, 2.05) is 27.7 Å². The van der Waals surface area contributed by atoms with Gasteiger partial charge in [-0.05, 0) is 24.7 Å². The molecule has 0 fully saturated rings. The molecule has 3 atom stereocenters. The summed E-state index contributed by atoms with van der Waals surface area (Å²) in [6, 6.07) is -2.70.